The van der Waals surface area contributed by atoms with Crippen molar-refractivity contribution in [2.45, 2.75) is 19.4 Å². The summed E-state index contributed by atoms with van der Waals surface area (Å²) in [5.74, 6) is -1.98. The maximum Gasteiger partial charge on any atom is 0.279 e. The van der Waals surface area contributed by atoms with Gasteiger partial charge in [-0.05, 0) is 49.4 Å². The van der Waals surface area contributed by atoms with Crippen molar-refractivity contribution in [1.82, 2.24) is 10.9 Å². The quantitative estimate of drug-likeness (QED) is 0.729. The van der Waals surface area contributed by atoms with Gasteiger partial charge in [-0.2, -0.15) is 0 Å². The molecule has 3 rings (SSSR count). The zero-order valence-corrected chi connectivity index (χ0v) is 16.3. The molecule has 0 saturated carbocycles. The number of carbonyl (C=O) groups excluding carboxylic acids is 3. The second-order valence-electron chi connectivity index (χ2n) is 6.58. The zero-order chi connectivity index (χ0) is 21.0. The topological polar surface area (TPSA) is 87.7 Å². The summed E-state index contributed by atoms with van der Waals surface area (Å²) < 4.78 is 18.3. The second kappa shape index (κ2) is 8.91. The number of nitrogens with zero attached hydrogens (tertiary/aromatic N) is 1. The molecule has 2 unspecified atom stereocenters. The number of anilines is 1. The average Bonchev–Trinajstić information content (AvgIpc) is 3.09. The van der Waals surface area contributed by atoms with Gasteiger partial charge in [0.2, 0.25) is 11.8 Å². The molecule has 1 aliphatic heterocycles. The van der Waals surface area contributed by atoms with Crippen LogP contribution in [-0.4, -0.2) is 30.4 Å². The van der Waals surface area contributed by atoms with Crippen molar-refractivity contribution < 1.29 is 23.5 Å². The fraction of sp³-hybridized carbons (Fsp3) is 0.250. The zero-order valence-electron chi connectivity index (χ0n) is 15.5. The molecule has 7 nitrogen and oxygen atoms in total. The Hall–Kier alpha value is -3.13. The fourth-order valence-corrected chi connectivity index (χ4v) is 3.06. The van der Waals surface area contributed by atoms with E-state index in [2.05, 4.69) is 10.9 Å². The van der Waals surface area contributed by atoms with Gasteiger partial charge in [0.05, 0.1) is 5.92 Å². The van der Waals surface area contributed by atoms with E-state index in [9.17, 15) is 18.8 Å². The van der Waals surface area contributed by atoms with Gasteiger partial charge in [0.1, 0.15) is 11.6 Å². The molecule has 2 N–H and O–H groups in total. The number of ether oxygens (including phenoxy) is 1. The van der Waals surface area contributed by atoms with Crippen molar-refractivity contribution in [3.63, 3.8) is 0 Å². The Morgan fingerprint density at radius 3 is 2.62 bits per heavy atom. The van der Waals surface area contributed by atoms with Gasteiger partial charge < -0.3 is 9.64 Å². The van der Waals surface area contributed by atoms with Crippen molar-refractivity contribution in [3.8, 4) is 5.75 Å². The van der Waals surface area contributed by atoms with Crippen LogP contribution in [0.1, 0.15) is 13.3 Å². The van der Waals surface area contributed by atoms with Crippen molar-refractivity contribution >= 4 is 35.0 Å². The Kier molecular flexibility index (Phi) is 6.33. The van der Waals surface area contributed by atoms with Crippen molar-refractivity contribution in [1.29, 1.82) is 0 Å². The van der Waals surface area contributed by atoms with E-state index in [1.54, 1.807) is 24.3 Å². The van der Waals surface area contributed by atoms with Crippen LogP contribution in [0.2, 0.25) is 5.02 Å². The molecular formula is C20H19ClFN3O4. The smallest absolute Gasteiger partial charge is 0.279 e. The van der Waals surface area contributed by atoms with Crippen LogP contribution in [0.15, 0.2) is 48.5 Å². The van der Waals surface area contributed by atoms with Gasteiger partial charge in [-0.15, -0.1) is 0 Å². The Balaban J connectivity index is 1.50. The Bertz CT molecular complexity index is 922. The van der Waals surface area contributed by atoms with E-state index in [0.717, 1.165) is 0 Å². The van der Waals surface area contributed by atoms with E-state index in [1.165, 1.54) is 36.1 Å². The summed E-state index contributed by atoms with van der Waals surface area (Å²) in [5.41, 5.74) is 5.22. The molecule has 0 aromatic heterocycles. The largest absolute Gasteiger partial charge is 0.481 e. The predicted octanol–water partition coefficient (Wildman–Crippen LogP) is 2.45. The van der Waals surface area contributed by atoms with Crippen LogP contribution in [0.4, 0.5) is 10.1 Å². The molecule has 0 radical (unpaired) electrons. The lowest BCUT2D eigenvalue weighted by Gasteiger charge is -2.18. The first kappa shape index (κ1) is 20.6. The van der Waals surface area contributed by atoms with Gasteiger partial charge >= 0.3 is 0 Å². The molecule has 2 aromatic rings. The number of nitrogens with one attached hydrogen (secondary N) is 2. The monoisotopic (exact) mass is 419 g/mol. The van der Waals surface area contributed by atoms with E-state index in [1.807, 2.05) is 0 Å². The number of amides is 3. The Morgan fingerprint density at radius 2 is 1.93 bits per heavy atom. The lowest BCUT2D eigenvalue weighted by molar-refractivity contribution is -0.134. The minimum Gasteiger partial charge on any atom is -0.481 e. The van der Waals surface area contributed by atoms with Crippen LogP contribution in [0.3, 0.4) is 0 Å². The number of hydrazine groups is 1. The molecule has 1 heterocycles. The molecule has 0 bridgehead atoms. The molecule has 3 amide bonds. The molecule has 0 spiro atoms. The third-order valence-electron chi connectivity index (χ3n) is 4.42. The maximum absolute atomic E-state index is 12.9. The summed E-state index contributed by atoms with van der Waals surface area (Å²) in [6.07, 6.45) is -0.899. The lowest BCUT2D eigenvalue weighted by atomic mass is 10.1. The number of hydrogen-bond acceptors (Lipinski definition) is 4. The number of carbonyl (C=O) groups is 3. The molecule has 2 aromatic carbocycles. The first-order valence-corrected chi connectivity index (χ1v) is 9.29. The second-order valence-corrected chi connectivity index (χ2v) is 7.01. The molecular weight excluding hydrogens is 401 g/mol. The highest BCUT2D eigenvalue weighted by molar-refractivity contribution is 6.31. The number of benzene rings is 2. The van der Waals surface area contributed by atoms with Crippen molar-refractivity contribution in [3.05, 3.63) is 59.4 Å². The number of halogens is 2. The summed E-state index contributed by atoms with van der Waals surface area (Å²) in [4.78, 5) is 38.2. The van der Waals surface area contributed by atoms with E-state index in [4.69, 9.17) is 16.3 Å². The van der Waals surface area contributed by atoms with Crippen LogP contribution < -0.4 is 20.5 Å². The van der Waals surface area contributed by atoms with E-state index in [-0.39, 0.29) is 18.9 Å². The predicted molar refractivity (Wildman–Crippen MR) is 105 cm³/mol. The lowest BCUT2D eigenvalue weighted by Crippen LogP contribution is -2.49. The molecule has 1 aliphatic rings. The van der Waals surface area contributed by atoms with Gasteiger partial charge in [0, 0.05) is 23.7 Å². The highest BCUT2D eigenvalue weighted by atomic mass is 35.5. The molecule has 2 atom stereocenters. The molecule has 152 valence electrons. The van der Waals surface area contributed by atoms with Crippen molar-refractivity contribution in [2.24, 2.45) is 5.92 Å². The first-order chi connectivity index (χ1) is 13.8. The normalized spacial score (nSPS) is 17.0. The average molecular weight is 420 g/mol. The minimum atomic E-state index is -0.922. The number of rotatable bonds is 5. The van der Waals surface area contributed by atoms with Gasteiger partial charge in [-0.3, -0.25) is 25.2 Å². The van der Waals surface area contributed by atoms with Gasteiger partial charge in [-0.25, -0.2) is 4.39 Å². The fourth-order valence-electron chi connectivity index (χ4n) is 2.87. The third kappa shape index (κ3) is 5.23. The summed E-state index contributed by atoms with van der Waals surface area (Å²) in [7, 11) is 0. The molecule has 0 aliphatic carbocycles. The van der Waals surface area contributed by atoms with Gasteiger partial charge in [0.25, 0.3) is 5.91 Å². The van der Waals surface area contributed by atoms with Gasteiger partial charge in [0.15, 0.2) is 6.10 Å². The maximum atomic E-state index is 12.9. The van der Waals surface area contributed by atoms with E-state index >= 15 is 0 Å². The minimum absolute atomic E-state index is 0.0237. The van der Waals surface area contributed by atoms with Crippen LogP contribution in [-0.2, 0) is 14.4 Å². The Labute approximate surface area is 171 Å². The Morgan fingerprint density at radius 1 is 1.21 bits per heavy atom. The van der Waals surface area contributed by atoms with Gasteiger partial charge in [-0.1, -0.05) is 17.7 Å². The summed E-state index contributed by atoms with van der Waals surface area (Å²) in [6.45, 7) is 1.67. The van der Waals surface area contributed by atoms with E-state index < -0.39 is 29.7 Å². The van der Waals surface area contributed by atoms with Crippen LogP contribution >= 0.6 is 11.6 Å². The summed E-state index contributed by atoms with van der Waals surface area (Å²) >= 11 is 5.95. The highest BCUT2D eigenvalue weighted by Crippen LogP contribution is 2.27. The summed E-state index contributed by atoms with van der Waals surface area (Å²) in [6, 6.07) is 12.0. The van der Waals surface area contributed by atoms with Crippen LogP contribution in [0.5, 0.6) is 5.75 Å². The van der Waals surface area contributed by atoms with Crippen molar-refractivity contribution in [2.75, 3.05) is 11.4 Å². The number of hydrogen-bond donors (Lipinski definition) is 2. The van der Waals surface area contributed by atoms with E-state index in [0.29, 0.717) is 16.5 Å². The molecule has 1 fully saturated rings. The van der Waals surface area contributed by atoms with Crippen LogP contribution in [0.25, 0.3) is 0 Å². The SMILES string of the molecule is CC(Oc1ccc(F)cc1)C(=O)NNC(=O)C1CC(=O)N(c2cccc(Cl)c2)C1. The standard InChI is InChI=1S/C20H19ClFN3O4/c1-12(29-17-7-5-15(22)6-8-17)19(27)23-24-20(28)13-9-18(26)25(11-13)16-4-2-3-14(21)10-16/h2-8,10,12-13H,9,11H2,1H3,(H,23,27)(H,24,28). The first-order valence-electron chi connectivity index (χ1n) is 8.91. The van der Waals surface area contributed by atoms with Crippen LogP contribution in [0, 0.1) is 11.7 Å². The summed E-state index contributed by atoms with van der Waals surface area (Å²) in [5, 5.41) is 0.491. The third-order valence-corrected chi connectivity index (χ3v) is 4.66. The molecule has 9 heteroatoms. The highest BCUT2D eigenvalue weighted by Gasteiger charge is 2.35. The molecule has 29 heavy (non-hydrogen) atoms. The molecule has 1 saturated heterocycles.